The quantitative estimate of drug-likeness (QED) is 0.879. The summed E-state index contributed by atoms with van der Waals surface area (Å²) in [5.41, 5.74) is 2.85. The number of amides is 1. The van der Waals surface area contributed by atoms with Gasteiger partial charge in [-0.15, -0.1) is 0 Å². The Morgan fingerprint density at radius 1 is 1.26 bits per heavy atom. The van der Waals surface area contributed by atoms with Gasteiger partial charge in [-0.3, -0.25) is 9.69 Å². The Labute approximate surface area is 139 Å². The number of piperazine rings is 1. The predicted molar refractivity (Wildman–Crippen MR) is 92.8 cm³/mol. The highest BCUT2D eigenvalue weighted by Crippen LogP contribution is 2.14. The van der Waals surface area contributed by atoms with Crippen molar-refractivity contribution in [2.75, 3.05) is 53.4 Å². The molecule has 0 aromatic heterocycles. The largest absolute Gasteiger partial charge is 0.390 e. The van der Waals surface area contributed by atoms with Gasteiger partial charge in [-0.05, 0) is 38.1 Å². The maximum atomic E-state index is 12.6. The summed E-state index contributed by atoms with van der Waals surface area (Å²) in [7, 11) is 3.88. The van der Waals surface area contributed by atoms with Crippen molar-refractivity contribution in [3.63, 3.8) is 0 Å². The minimum Gasteiger partial charge on any atom is -0.390 e. The van der Waals surface area contributed by atoms with Crippen molar-refractivity contribution in [1.82, 2.24) is 14.7 Å². The monoisotopic (exact) mass is 319 g/mol. The minimum absolute atomic E-state index is 0.0244. The van der Waals surface area contributed by atoms with Crippen LogP contribution in [0.1, 0.15) is 21.5 Å². The molecule has 1 atom stereocenters. The maximum absolute atomic E-state index is 12.6. The van der Waals surface area contributed by atoms with Gasteiger partial charge < -0.3 is 14.9 Å². The number of carbonyl (C=O) groups excluding carboxylic acids is 1. The summed E-state index contributed by atoms with van der Waals surface area (Å²) in [5, 5.41) is 10.3. The smallest absolute Gasteiger partial charge is 0.253 e. The fraction of sp³-hybridized carbons (Fsp3) is 0.611. The topological polar surface area (TPSA) is 47.0 Å². The van der Waals surface area contributed by atoms with Crippen molar-refractivity contribution in [2.24, 2.45) is 0 Å². The van der Waals surface area contributed by atoms with Crippen molar-refractivity contribution in [3.05, 3.63) is 34.9 Å². The molecule has 1 aromatic rings. The molecule has 1 amide bonds. The average molecular weight is 319 g/mol. The van der Waals surface area contributed by atoms with Crippen molar-refractivity contribution >= 4 is 5.91 Å². The number of aryl methyl sites for hydroxylation is 1. The number of carbonyl (C=O) groups is 1. The molecule has 2 rings (SSSR count). The summed E-state index contributed by atoms with van der Waals surface area (Å²) in [6.45, 7) is 8.97. The van der Waals surface area contributed by atoms with Gasteiger partial charge in [0.2, 0.25) is 0 Å². The summed E-state index contributed by atoms with van der Waals surface area (Å²) < 4.78 is 0. The number of nitrogens with zero attached hydrogens (tertiary/aromatic N) is 3. The second kappa shape index (κ2) is 7.90. The SMILES string of the molecule is Cc1cccc(C(=O)N(C)CC(O)CN2CCN(C)CC2)c1C. The van der Waals surface area contributed by atoms with Gasteiger partial charge in [0.15, 0.2) is 0 Å². The van der Waals surface area contributed by atoms with Gasteiger partial charge in [0, 0.05) is 51.9 Å². The van der Waals surface area contributed by atoms with E-state index < -0.39 is 6.10 Å². The molecule has 1 N–H and O–H groups in total. The van der Waals surface area contributed by atoms with E-state index >= 15 is 0 Å². The molecule has 5 nitrogen and oxygen atoms in total. The Bertz CT molecular complexity index is 539. The maximum Gasteiger partial charge on any atom is 0.253 e. The van der Waals surface area contributed by atoms with Crippen LogP contribution in [0.25, 0.3) is 0 Å². The van der Waals surface area contributed by atoms with Gasteiger partial charge in [0.05, 0.1) is 6.10 Å². The highest BCUT2D eigenvalue weighted by atomic mass is 16.3. The van der Waals surface area contributed by atoms with Crippen molar-refractivity contribution < 1.29 is 9.90 Å². The molecule has 1 fully saturated rings. The van der Waals surface area contributed by atoms with E-state index in [1.165, 1.54) is 0 Å². The Kier molecular flexibility index (Phi) is 6.16. The zero-order chi connectivity index (χ0) is 17.0. The van der Waals surface area contributed by atoms with Crippen LogP contribution in [-0.4, -0.2) is 85.2 Å². The van der Waals surface area contributed by atoms with E-state index in [9.17, 15) is 9.90 Å². The van der Waals surface area contributed by atoms with Crippen molar-refractivity contribution in [3.8, 4) is 0 Å². The summed E-state index contributed by atoms with van der Waals surface area (Å²) in [6.07, 6.45) is -0.516. The summed E-state index contributed by atoms with van der Waals surface area (Å²) in [5.74, 6) is -0.0244. The van der Waals surface area contributed by atoms with Crippen LogP contribution in [0.3, 0.4) is 0 Å². The fourth-order valence-electron chi connectivity index (χ4n) is 2.97. The highest BCUT2D eigenvalue weighted by molar-refractivity contribution is 5.95. The Morgan fingerprint density at radius 2 is 1.91 bits per heavy atom. The summed E-state index contributed by atoms with van der Waals surface area (Å²) in [4.78, 5) is 18.8. The van der Waals surface area contributed by atoms with Gasteiger partial charge in [-0.2, -0.15) is 0 Å². The van der Waals surface area contributed by atoms with Crippen LogP contribution >= 0.6 is 0 Å². The predicted octanol–water partition coefficient (Wildman–Crippen LogP) is 0.984. The molecule has 1 heterocycles. The Balaban J connectivity index is 1.89. The molecular formula is C18H29N3O2. The number of aliphatic hydroxyl groups is 1. The molecule has 0 spiro atoms. The number of hydrogen-bond donors (Lipinski definition) is 1. The van der Waals surface area contributed by atoms with Crippen LogP contribution in [0.5, 0.6) is 0 Å². The Hall–Kier alpha value is -1.43. The normalized spacial score (nSPS) is 18.0. The number of benzene rings is 1. The van der Waals surface area contributed by atoms with Gasteiger partial charge in [-0.1, -0.05) is 12.1 Å². The zero-order valence-corrected chi connectivity index (χ0v) is 14.7. The standard InChI is InChI=1S/C18H29N3O2/c1-14-6-5-7-17(15(14)2)18(23)20(4)12-16(22)13-21-10-8-19(3)9-11-21/h5-7,16,22H,8-13H2,1-4H3. The first-order valence-corrected chi connectivity index (χ1v) is 8.29. The lowest BCUT2D eigenvalue weighted by atomic mass is 10.0. The highest BCUT2D eigenvalue weighted by Gasteiger charge is 2.21. The molecule has 0 saturated carbocycles. The van der Waals surface area contributed by atoms with E-state index in [0.717, 1.165) is 42.9 Å². The molecule has 1 aliphatic heterocycles. The second-order valence-electron chi connectivity index (χ2n) is 6.69. The first kappa shape index (κ1) is 17.9. The number of aliphatic hydroxyl groups excluding tert-OH is 1. The van der Waals surface area contributed by atoms with Gasteiger partial charge in [0.25, 0.3) is 5.91 Å². The van der Waals surface area contributed by atoms with Crippen LogP contribution in [0.2, 0.25) is 0 Å². The third kappa shape index (κ3) is 4.77. The summed E-state index contributed by atoms with van der Waals surface area (Å²) >= 11 is 0. The van der Waals surface area contributed by atoms with E-state index in [0.29, 0.717) is 13.1 Å². The van der Waals surface area contributed by atoms with Crippen LogP contribution < -0.4 is 0 Å². The number of likely N-dealkylation sites (N-methyl/N-ethyl adjacent to an activating group) is 2. The lowest BCUT2D eigenvalue weighted by Crippen LogP contribution is -2.49. The van der Waals surface area contributed by atoms with E-state index in [1.54, 1.807) is 11.9 Å². The number of rotatable bonds is 5. The van der Waals surface area contributed by atoms with E-state index in [4.69, 9.17) is 0 Å². The molecular weight excluding hydrogens is 290 g/mol. The fourth-order valence-corrected chi connectivity index (χ4v) is 2.97. The average Bonchev–Trinajstić information content (AvgIpc) is 2.51. The van der Waals surface area contributed by atoms with Crippen LogP contribution in [-0.2, 0) is 0 Å². The van der Waals surface area contributed by atoms with Gasteiger partial charge in [-0.25, -0.2) is 0 Å². The van der Waals surface area contributed by atoms with Crippen molar-refractivity contribution in [2.45, 2.75) is 20.0 Å². The molecule has 0 radical (unpaired) electrons. The third-order valence-electron chi connectivity index (χ3n) is 4.73. The molecule has 1 aliphatic rings. The summed E-state index contributed by atoms with van der Waals surface area (Å²) in [6, 6.07) is 5.77. The second-order valence-corrected chi connectivity index (χ2v) is 6.69. The molecule has 1 saturated heterocycles. The lowest BCUT2D eigenvalue weighted by molar-refractivity contribution is 0.0501. The number of β-amino-alcohol motifs (C(OH)–C–C–N with tert-alkyl or cyclic N) is 1. The molecule has 1 unspecified atom stereocenters. The molecule has 1 aromatic carbocycles. The van der Waals surface area contributed by atoms with Gasteiger partial charge >= 0.3 is 0 Å². The minimum atomic E-state index is -0.516. The molecule has 5 heteroatoms. The van der Waals surface area contributed by atoms with Crippen LogP contribution in [0.4, 0.5) is 0 Å². The Morgan fingerprint density at radius 3 is 2.57 bits per heavy atom. The lowest BCUT2D eigenvalue weighted by Gasteiger charge is -2.34. The van der Waals surface area contributed by atoms with Crippen LogP contribution in [0, 0.1) is 13.8 Å². The molecule has 128 valence electrons. The zero-order valence-electron chi connectivity index (χ0n) is 14.7. The van der Waals surface area contributed by atoms with Crippen molar-refractivity contribution in [1.29, 1.82) is 0 Å². The van der Waals surface area contributed by atoms with Crippen LogP contribution in [0.15, 0.2) is 18.2 Å². The number of hydrogen-bond acceptors (Lipinski definition) is 4. The van der Waals surface area contributed by atoms with E-state index in [-0.39, 0.29) is 5.91 Å². The molecule has 0 aliphatic carbocycles. The first-order chi connectivity index (χ1) is 10.9. The molecule has 0 bridgehead atoms. The van der Waals surface area contributed by atoms with E-state index in [1.807, 2.05) is 32.0 Å². The molecule has 23 heavy (non-hydrogen) atoms. The first-order valence-electron chi connectivity index (χ1n) is 8.29. The third-order valence-corrected chi connectivity index (χ3v) is 4.73. The van der Waals surface area contributed by atoms with E-state index in [2.05, 4.69) is 16.8 Å². The van der Waals surface area contributed by atoms with Gasteiger partial charge in [0.1, 0.15) is 0 Å².